The summed E-state index contributed by atoms with van der Waals surface area (Å²) in [6, 6.07) is 9.65. The van der Waals surface area contributed by atoms with E-state index in [0.29, 0.717) is 18.7 Å². The normalized spacial score (nSPS) is 12.6. The molecule has 0 saturated heterocycles. The first kappa shape index (κ1) is 15.4. The van der Waals surface area contributed by atoms with Gasteiger partial charge >= 0.3 is 0 Å². The van der Waals surface area contributed by atoms with Gasteiger partial charge in [-0.25, -0.2) is 0 Å². The maximum Gasteiger partial charge on any atom is 0.252 e. The summed E-state index contributed by atoms with van der Waals surface area (Å²) in [6.45, 7) is 7.33. The molecule has 1 atom stereocenters. The third-order valence-corrected chi connectivity index (χ3v) is 3.59. The van der Waals surface area contributed by atoms with Gasteiger partial charge in [-0.3, -0.25) is 9.78 Å². The van der Waals surface area contributed by atoms with Gasteiger partial charge < -0.3 is 11.1 Å². The average Bonchev–Trinajstić information content (AvgIpc) is 2.50. The van der Waals surface area contributed by atoms with Crippen LogP contribution in [-0.4, -0.2) is 24.0 Å². The van der Waals surface area contributed by atoms with Crippen molar-refractivity contribution in [1.29, 1.82) is 0 Å². The van der Waals surface area contributed by atoms with Crippen LogP contribution >= 0.6 is 0 Å². The van der Waals surface area contributed by atoms with E-state index in [2.05, 4.69) is 24.1 Å². The van der Waals surface area contributed by atoms with Crippen molar-refractivity contribution in [2.75, 3.05) is 13.1 Å². The molecule has 0 spiro atoms. The minimum absolute atomic E-state index is 0.0594. The molecule has 0 radical (unpaired) electrons. The molecule has 0 aliphatic heterocycles. The van der Waals surface area contributed by atoms with E-state index < -0.39 is 0 Å². The van der Waals surface area contributed by atoms with Gasteiger partial charge in [0.05, 0.1) is 11.1 Å². The molecule has 4 heteroatoms. The summed E-state index contributed by atoms with van der Waals surface area (Å²) >= 11 is 0. The minimum Gasteiger partial charge on any atom is -0.352 e. The lowest BCUT2D eigenvalue weighted by molar-refractivity contribution is 0.0950. The van der Waals surface area contributed by atoms with E-state index in [1.165, 1.54) is 0 Å². The Morgan fingerprint density at radius 3 is 2.67 bits per heavy atom. The maximum atomic E-state index is 12.5. The third kappa shape index (κ3) is 3.58. The van der Waals surface area contributed by atoms with Crippen molar-refractivity contribution >= 4 is 16.8 Å². The van der Waals surface area contributed by atoms with Crippen molar-refractivity contribution in [3.8, 4) is 0 Å². The number of rotatable bonds is 5. The summed E-state index contributed by atoms with van der Waals surface area (Å²) in [7, 11) is 0. The SMILES string of the molecule is CC(CN)CNC(=O)c1cc(C(C)C)nc2ccccc12. The molecule has 2 aromatic rings. The first-order chi connectivity index (χ1) is 10.0. The monoisotopic (exact) mass is 285 g/mol. The van der Waals surface area contributed by atoms with Gasteiger partial charge in [-0.15, -0.1) is 0 Å². The summed E-state index contributed by atoms with van der Waals surface area (Å²) in [5.41, 5.74) is 8.08. The Kier molecular flexibility index (Phi) is 4.91. The molecule has 1 unspecified atom stereocenters. The zero-order chi connectivity index (χ0) is 15.4. The van der Waals surface area contributed by atoms with Gasteiger partial charge in [-0.05, 0) is 30.5 Å². The van der Waals surface area contributed by atoms with Crippen molar-refractivity contribution in [3.63, 3.8) is 0 Å². The van der Waals surface area contributed by atoms with Crippen LogP contribution in [0.3, 0.4) is 0 Å². The van der Waals surface area contributed by atoms with Gasteiger partial charge in [-0.2, -0.15) is 0 Å². The highest BCUT2D eigenvalue weighted by Crippen LogP contribution is 2.22. The predicted octanol–water partition coefficient (Wildman–Crippen LogP) is 2.68. The highest BCUT2D eigenvalue weighted by atomic mass is 16.1. The molecular weight excluding hydrogens is 262 g/mol. The topological polar surface area (TPSA) is 68.0 Å². The minimum atomic E-state index is -0.0594. The predicted molar refractivity (Wildman–Crippen MR) is 86.4 cm³/mol. The Morgan fingerprint density at radius 2 is 2.00 bits per heavy atom. The molecular formula is C17H23N3O. The van der Waals surface area contributed by atoms with Crippen LogP contribution in [0, 0.1) is 5.92 Å². The molecule has 112 valence electrons. The molecule has 0 fully saturated rings. The number of nitrogens with zero attached hydrogens (tertiary/aromatic N) is 1. The number of nitrogens with one attached hydrogen (secondary N) is 1. The van der Waals surface area contributed by atoms with Crippen LogP contribution in [0.15, 0.2) is 30.3 Å². The van der Waals surface area contributed by atoms with Gasteiger partial charge in [-0.1, -0.05) is 39.0 Å². The van der Waals surface area contributed by atoms with Crippen molar-refractivity contribution < 1.29 is 4.79 Å². The lowest BCUT2D eigenvalue weighted by Crippen LogP contribution is -2.31. The zero-order valence-electron chi connectivity index (χ0n) is 12.9. The number of hydrogen-bond acceptors (Lipinski definition) is 3. The van der Waals surface area contributed by atoms with Gasteiger partial charge in [0.25, 0.3) is 5.91 Å². The number of pyridine rings is 1. The van der Waals surface area contributed by atoms with E-state index in [9.17, 15) is 4.79 Å². The Bertz CT molecular complexity index is 637. The number of para-hydroxylation sites is 1. The summed E-state index contributed by atoms with van der Waals surface area (Å²) in [4.78, 5) is 17.1. The Labute approximate surface area is 125 Å². The third-order valence-electron chi connectivity index (χ3n) is 3.59. The maximum absolute atomic E-state index is 12.5. The number of fused-ring (bicyclic) bond motifs is 1. The molecule has 0 bridgehead atoms. The number of hydrogen-bond donors (Lipinski definition) is 2. The number of carbonyl (C=O) groups is 1. The Balaban J connectivity index is 2.38. The number of benzene rings is 1. The lowest BCUT2D eigenvalue weighted by Gasteiger charge is -2.13. The molecule has 1 aromatic heterocycles. The van der Waals surface area contributed by atoms with Crippen LogP contribution in [0.5, 0.6) is 0 Å². The smallest absolute Gasteiger partial charge is 0.252 e. The Morgan fingerprint density at radius 1 is 1.29 bits per heavy atom. The lowest BCUT2D eigenvalue weighted by atomic mass is 10.0. The molecule has 0 saturated carbocycles. The van der Waals surface area contributed by atoms with Gasteiger partial charge in [0.2, 0.25) is 0 Å². The summed E-state index contributed by atoms with van der Waals surface area (Å²) in [5.74, 6) is 0.492. The summed E-state index contributed by atoms with van der Waals surface area (Å²) < 4.78 is 0. The van der Waals surface area contributed by atoms with E-state index in [4.69, 9.17) is 5.73 Å². The first-order valence-corrected chi connectivity index (χ1v) is 7.41. The van der Waals surface area contributed by atoms with Gasteiger partial charge in [0, 0.05) is 17.6 Å². The van der Waals surface area contributed by atoms with Crippen molar-refractivity contribution in [3.05, 3.63) is 41.6 Å². The Hall–Kier alpha value is -1.94. The second-order valence-electron chi connectivity index (χ2n) is 5.82. The van der Waals surface area contributed by atoms with Crippen LogP contribution in [0.2, 0.25) is 0 Å². The van der Waals surface area contributed by atoms with Crippen LogP contribution < -0.4 is 11.1 Å². The second kappa shape index (κ2) is 6.68. The van der Waals surface area contributed by atoms with Crippen molar-refractivity contribution in [2.24, 2.45) is 11.7 Å². The number of carbonyl (C=O) groups excluding carboxylic acids is 1. The van der Waals surface area contributed by atoms with E-state index >= 15 is 0 Å². The van der Waals surface area contributed by atoms with Crippen molar-refractivity contribution in [2.45, 2.75) is 26.7 Å². The number of nitrogens with two attached hydrogens (primary N) is 1. The average molecular weight is 285 g/mol. The summed E-state index contributed by atoms with van der Waals surface area (Å²) in [5, 5.41) is 3.85. The molecule has 0 aliphatic carbocycles. The fraction of sp³-hybridized carbons (Fsp3) is 0.412. The molecule has 2 rings (SSSR count). The van der Waals surface area contributed by atoms with Crippen LogP contribution in [0.25, 0.3) is 10.9 Å². The highest BCUT2D eigenvalue weighted by Gasteiger charge is 2.14. The standard InChI is InChI=1S/C17H23N3O/c1-11(2)16-8-14(17(21)19-10-12(3)9-18)13-6-4-5-7-15(13)20-16/h4-8,11-12H,9-10,18H2,1-3H3,(H,19,21). The highest BCUT2D eigenvalue weighted by molar-refractivity contribution is 6.06. The molecule has 1 aromatic carbocycles. The van der Waals surface area contributed by atoms with Gasteiger partial charge in [0.1, 0.15) is 0 Å². The van der Waals surface area contributed by atoms with E-state index in [1.54, 1.807) is 0 Å². The molecule has 1 amide bonds. The number of amides is 1. The molecule has 1 heterocycles. The van der Waals surface area contributed by atoms with E-state index in [-0.39, 0.29) is 17.7 Å². The van der Waals surface area contributed by atoms with Crippen LogP contribution in [0.1, 0.15) is 42.7 Å². The van der Waals surface area contributed by atoms with E-state index in [0.717, 1.165) is 16.6 Å². The zero-order valence-corrected chi connectivity index (χ0v) is 12.9. The quantitative estimate of drug-likeness (QED) is 0.887. The molecule has 4 nitrogen and oxygen atoms in total. The van der Waals surface area contributed by atoms with Crippen molar-refractivity contribution in [1.82, 2.24) is 10.3 Å². The first-order valence-electron chi connectivity index (χ1n) is 7.41. The van der Waals surface area contributed by atoms with Crippen LogP contribution in [-0.2, 0) is 0 Å². The largest absolute Gasteiger partial charge is 0.352 e. The molecule has 21 heavy (non-hydrogen) atoms. The van der Waals surface area contributed by atoms with E-state index in [1.807, 2.05) is 37.3 Å². The second-order valence-corrected chi connectivity index (χ2v) is 5.82. The fourth-order valence-electron chi connectivity index (χ4n) is 2.12. The van der Waals surface area contributed by atoms with Gasteiger partial charge in [0.15, 0.2) is 0 Å². The number of aromatic nitrogens is 1. The summed E-state index contributed by atoms with van der Waals surface area (Å²) in [6.07, 6.45) is 0. The van der Waals surface area contributed by atoms with Crippen LogP contribution in [0.4, 0.5) is 0 Å². The fourth-order valence-corrected chi connectivity index (χ4v) is 2.12. The molecule has 3 N–H and O–H groups in total. The molecule has 0 aliphatic rings.